The Morgan fingerprint density at radius 2 is 1.53 bits per heavy atom. The number of aliphatic hydroxyl groups excluding tert-OH is 1. The predicted molar refractivity (Wildman–Crippen MR) is 140 cm³/mol. The van der Waals surface area contributed by atoms with E-state index in [-0.39, 0.29) is 30.6 Å². The van der Waals surface area contributed by atoms with E-state index in [0.717, 1.165) is 35.3 Å². The van der Waals surface area contributed by atoms with E-state index in [4.69, 9.17) is 9.47 Å². The fourth-order valence-electron chi connectivity index (χ4n) is 4.61. The highest BCUT2D eigenvalue weighted by atomic mass is 16.7. The summed E-state index contributed by atoms with van der Waals surface area (Å²) in [7, 11) is 2.12. The monoisotopic (exact) mass is 488 g/mol. The van der Waals surface area contributed by atoms with Crippen LogP contribution in [0.3, 0.4) is 0 Å². The van der Waals surface area contributed by atoms with Gasteiger partial charge in [0.1, 0.15) is 0 Å². The molecule has 0 aliphatic carbocycles. The number of likely N-dealkylation sites (N-methyl/N-ethyl adjacent to an activating group) is 1. The third-order valence-corrected chi connectivity index (χ3v) is 6.70. The topological polar surface area (TPSA) is 71.0 Å². The van der Waals surface area contributed by atoms with Crippen LogP contribution in [0.25, 0.3) is 0 Å². The molecule has 0 saturated carbocycles. The molecule has 6 nitrogen and oxygen atoms in total. The van der Waals surface area contributed by atoms with Crippen molar-refractivity contribution in [1.82, 2.24) is 10.2 Å². The number of hydrogen-bond donors (Lipinski definition) is 2. The van der Waals surface area contributed by atoms with Gasteiger partial charge in [-0.25, -0.2) is 0 Å². The molecule has 0 aromatic heterocycles. The zero-order valence-corrected chi connectivity index (χ0v) is 21.3. The van der Waals surface area contributed by atoms with Crippen molar-refractivity contribution in [3.05, 3.63) is 107 Å². The van der Waals surface area contributed by atoms with Crippen LogP contribution in [0.4, 0.5) is 0 Å². The van der Waals surface area contributed by atoms with Gasteiger partial charge in [0.25, 0.3) is 0 Å². The van der Waals surface area contributed by atoms with E-state index < -0.39 is 6.29 Å². The van der Waals surface area contributed by atoms with Gasteiger partial charge in [-0.1, -0.05) is 85.8 Å². The molecule has 1 saturated heterocycles. The third-order valence-electron chi connectivity index (χ3n) is 6.70. The fourth-order valence-corrected chi connectivity index (χ4v) is 4.61. The highest BCUT2D eigenvalue weighted by molar-refractivity contribution is 5.72. The molecule has 36 heavy (non-hydrogen) atoms. The number of benzene rings is 3. The molecule has 1 aliphatic heterocycles. The molecular formula is C30H36N2O4. The molecule has 4 unspecified atom stereocenters. The van der Waals surface area contributed by atoms with Gasteiger partial charge in [-0.3, -0.25) is 9.69 Å². The number of nitrogens with zero attached hydrogens (tertiary/aromatic N) is 1. The summed E-state index contributed by atoms with van der Waals surface area (Å²) in [6.45, 7) is 5.81. The average Bonchev–Trinajstić information content (AvgIpc) is 2.89. The Morgan fingerprint density at radius 3 is 2.17 bits per heavy atom. The molecule has 0 bridgehead atoms. The van der Waals surface area contributed by atoms with Crippen LogP contribution in [0.2, 0.25) is 0 Å². The zero-order chi connectivity index (χ0) is 25.5. The van der Waals surface area contributed by atoms with Crippen molar-refractivity contribution in [2.24, 2.45) is 5.92 Å². The quantitative estimate of drug-likeness (QED) is 0.455. The van der Waals surface area contributed by atoms with Crippen molar-refractivity contribution in [2.75, 3.05) is 13.6 Å². The molecule has 0 spiro atoms. The van der Waals surface area contributed by atoms with Gasteiger partial charge >= 0.3 is 0 Å². The highest BCUT2D eigenvalue weighted by Gasteiger charge is 2.38. The number of nitrogens with one attached hydrogen (secondary N) is 1. The summed E-state index contributed by atoms with van der Waals surface area (Å²) in [5, 5.41) is 12.3. The number of ether oxygens (including phenoxy) is 2. The number of rotatable bonds is 9. The molecule has 1 amide bonds. The molecule has 190 valence electrons. The summed E-state index contributed by atoms with van der Waals surface area (Å²) < 4.78 is 13.1. The molecule has 4 atom stereocenters. The molecular weight excluding hydrogens is 452 g/mol. The number of carbonyl (C=O) groups excluding carboxylic acids is 1. The summed E-state index contributed by atoms with van der Waals surface area (Å²) >= 11 is 0. The number of amides is 1. The Labute approximate surface area is 213 Å². The Hall–Kier alpha value is -3.03. The smallest absolute Gasteiger partial charge is 0.217 e. The summed E-state index contributed by atoms with van der Waals surface area (Å²) in [4.78, 5) is 13.5. The minimum Gasteiger partial charge on any atom is -0.392 e. The molecule has 1 heterocycles. The maximum absolute atomic E-state index is 11.2. The van der Waals surface area contributed by atoms with Gasteiger partial charge in [0.2, 0.25) is 5.91 Å². The van der Waals surface area contributed by atoms with E-state index in [1.54, 1.807) is 0 Å². The molecule has 3 aromatic rings. The highest BCUT2D eigenvalue weighted by Crippen LogP contribution is 2.41. The second kappa shape index (κ2) is 12.3. The first-order chi connectivity index (χ1) is 17.4. The van der Waals surface area contributed by atoms with Crippen molar-refractivity contribution in [3.63, 3.8) is 0 Å². The lowest BCUT2D eigenvalue weighted by atomic mass is 9.90. The lowest BCUT2D eigenvalue weighted by molar-refractivity contribution is -0.276. The largest absolute Gasteiger partial charge is 0.392 e. The van der Waals surface area contributed by atoms with Crippen LogP contribution in [0.1, 0.15) is 54.1 Å². The van der Waals surface area contributed by atoms with Crippen molar-refractivity contribution in [2.45, 2.75) is 52.0 Å². The zero-order valence-electron chi connectivity index (χ0n) is 21.3. The third kappa shape index (κ3) is 6.80. The van der Waals surface area contributed by atoms with E-state index in [0.29, 0.717) is 6.54 Å². The van der Waals surface area contributed by atoms with Gasteiger partial charge in [0.05, 0.1) is 18.8 Å². The summed E-state index contributed by atoms with van der Waals surface area (Å²) in [5.74, 6) is 0.0722. The first-order valence-corrected chi connectivity index (χ1v) is 12.5. The number of hydrogen-bond acceptors (Lipinski definition) is 5. The van der Waals surface area contributed by atoms with Crippen molar-refractivity contribution in [3.8, 4) is 0 Å². The Morgan fingerprint density at radius 1 is 0.889 bits per heavy atom. The SMILES string of the molecule is CC(=O)NCc1ccc(C2OC(CN(C)Cc3ccccc3)C(C)C(c3ccc(CO)cc3)O2)cc1. The molecule has 1 fully saturated rings. The van der Waals surface area contributed by atoms with E-state index >= 15 is 0 Å². The Bertz CT molecular complexity index is 1100. The van der Waals surface area contributed by atoms with Gasteiger partial charge in [-0.15, -0.1) is 0 Å². The average molecular weight is 489 g/mol. The lowest BCUT2D eigenvalue weighted by Crippen LogP contribution is -2.43. The van der Waals surface area contributed by atoms with Gasteiger partial charge in [0, 0.05) is 38.0 Å². The summed E-state index contributed by atoms with van der Waals surface area (Å²) in [6.07, 6.45) is -0.696. The summed E-state index contributed by atoms with van der Waals surface area (Å²) in [5.41, 5.74) is 5.19. The second-order valence-electron chi connectivity index (χ2n) is 9.66. The van der Waals surface area contributed by atoms with E-state index in [2.05, 4.69) is 48.5 Å². The van der Waals surface area contributed by atoms with Crippen LogP contribution in [0.5, 0.6) is 0 Å². The Kier molecular flexibility index (Phi) is 8.88. The normalized spacial score (nSPS) is 21.9. The summed E-state index contributed by atoms with van der Waals surface area (Å²) in [6, 6.07) is 26.4. The van der Waals surface area contributed by atoms with Crippen LogP contribution >= 0.6 is 0 Å². The number of aliphatic hydroxyl groups is 1. The maximum atomic E-state index is 11.2. The molecule has 3 aromatic carbocycles. The van der Waals surface area contributed by atoms with Crippen molar-refractivity contribution < 1.29 is 19.4 Å². The molecule has 4 rings (SSSR count). The Balaban J connectivity index is 1.54. The standard InChI is InChI=1S/C30H36N2O4/c1-21-28(19-32(3)18-24-7-5-4-6-8-24)35-30(27-15-9-23(10-16-27)17-31-22(2)34)36-29(21)26-13-11-25(20-33)12-14-26/h4-16,21,28-30,33H,17-20H2,1-3H3,(H,31,34). The first-order valence-electron chi connectivity index (χ1n) is 12.5. The van der Waals surface area contributed by atoms with Gasteiger partial charge in [-0.2, -0.15) is 0 Å². The van der Waals surface area contributed by atoms with Crippen LogP contribution in [-0.4, -0.2) is 35.6 Å². The van der Waals surface area contributed by atoms with Crippen LogP contribution in [-0.2, 0) is 34.0 Å². The van der Waals surface area contributed by atoms with Crippen LogP contribution in [0.15, 0.2) is 78.9 Å². The maximum Gasteiger partial charge on any atom is 0.217 e. The minimum atomic E-state index is -0.506. The van der Waals surface area contributed by atoms with Gasteiger partial charge in [-0.05, 0) is 29.3 Å². The van der Waals surface area contributed by atoms with Gasteiger partial charge < -0.3 is 19.9 Å². The molecule has 6 heteroatoms. The minimum absolute atomic E-state index is 0.0187. The van der Waals surface area contributed by atoms with E-state index in [1.807, 2.05) is 54.6 Å². The van der Waals surface area contributed by atoms with Crippen LogP contribution < -0.4 is 5.32 Å². The fraction of sp³-hybridized carbons (Fsp3) is 0.367. The first kappa shape index (κ1) is 26.0. The molecule has 1 aliphatic rings. The van der Waals surface area contributed by atoms with Crippen molar-refractivity contribution in [1.29, 1.82) is 0 Å². The second-order valence-corrected chi connectivity index (χ2v) is 9.66. The van der Waals surface area contributed by atoms with E-state index in [9.17, 15) is 9.90 Å². The van der Waals surface area contributed by atoms with Crippen LogP contribution in [0, 0.1) is 5.92 Å². The van der Waals surface area contributed by atoms with Gasteiger partial charge in [0.15, 0.2) is 6.29 Å². The van der Waals surface area contributed by atoms with Crippen molar-refractivity contribution >= 4 is 5.91 Å². The predicted octanol–water partition coefficient (Wildman–Crippen LogP) is 4.74. The molecule has 2 N–H and O–H groups in total. The van der Waals surface area contributed by atoms with E-state index in [1.165, 1.54) is 12.5 Å². The lowest BCUT2D eigenvalue weighted by Gasteiger charge is -2.42. The number of carbonyl (C=O) groups is 1. The molecule has 0 radical (unpaired) electrons.